The summed E-state index contributed by atoms with van der Waals surface area (Å²) in [5, 5.41) is 0. The number of aryl methyl sites for hydroxylation is 3. The van der Waals surface area contributed by atoms with Gasteiger partial charge in [0.25, 0.3) is 0 Å². The van der Waals surface area contributed by atoms with Crippen molar-refractivity contribution in [2.75, 3.05) is 12.3 Å². The van der Waals surface area contributed by atoms with Crippen molar-refractivity contribution in [3.8, 4) is 11.1 Å². The summed E-state index contributed by atoms with van der Waals surface area (Å²) in [5.74, 6) is 0.420. The first-order valence-corrected chi connectivity index (χ1v) is 25.5. The number of benzene rings is 2. The summed E-state index contributed by atoms with van der Waals surface area (Å²) >= 11 is 2.63. The third kappa shape index (κ3) is 8.85. The maximum atomic E-state index is 7.39. The van der Waals surface area contributed by atoms with Gasteiger partial charge < -0.3 is 23.7 Å². The Balaban J connectivity index is 1.58. The maximum Gasteiger partial charge on any atom is 0.116 e. The van der Waals surface area contributed by atoms with E-state index in [4.69, 9.17) is 37.1 Å². The van der Waals surface area contributed by atoms with Crippen molar-refractivity contribution in [2.24, 2.45) is 5.92 Å². The topological polar surface area (TPSA) is 42.4 Å². The number of anilines is 1. The third-order valence-corrected chi connectivity index (χ3v) is 19.6. The molecule has 292 valence electrons. The molecule has 0 spiro atoms. The molecule has 0 bridgehead atoms. The van der Waals surface area contributed by atoms with E-state index in [1.54, 1.807) is 0 Å². The van der Waals surface area contributed by atoms with E-state index in [0.29, 0.717) is 40.8 Å². The highest BCUT2D eigenvalue weighted by atomic mass is 127. The van der Waals surface area contributed by atoms with E-state index in [1.807, 2.05) is 0 Å². The number of hydrogen-bond acceptors (Lipinski definition) is 3. The molecular formula is C43H56B4IN5P4. The number of rotatable bonds is 13. The van der Waals surface area contributed by atoms with E-state index in [2.05, 4.69) is 141 Å². The van der Waals surface area contributed by atoms with Crippen LogP contribution in [0.4, 0.5) is 5.69 Å². The van der Waals surface area contributed by atoms with Gasteiger partial charge in [-0.1, -0.05) is 35.0 Å². The zero-order chi connectivity index (χ0) is 41.8. The molecule has 0 saturated carbocycles. The predicted molar refractivity (Wildman–Crippen MR) is 270 cm³/mol. The molecule has 5 nitrogen and oxygen atoms in total. The van der Waals surface area contributed by atoms with Gasteiger partial charge in [0.2, 0.25) is 0 Å². The zero-order valence-corrected chi connectivity index (χ0v) is 41.8. The second kappa shape index (κ2) is 18.3. The second-order valence-electron chi connectivity index (χ2n) is 16.3. The highest BCUT2D eigenvalue weighted by Gasteiger charge is 2.30. The van der Waals surface area contributed by atoms with Gasteiger partial charge in [0.1, 0.15) is 23.5 Å². The van der Waals surface area contributed by atoms with Crippen LogP contribution in [0.15, 0.2) is 41.4 Å². The highest BCUT2D eigenvalue weighted by Crippen LogP contribution is 2.50. The number of allylic oxidation sites excluding steroid dienone is 1. The molecule has 4 aromatic rings. The van der Waals surface area contributed by atoms with Gasteiger partial charge in [0.15, 0.2) is 0 Å². The first-order chi connectivity index (χ1) is 26.8. The second-order valence-corrected chi connectivity index (χ2v) is 22.1. The van der Waals surface area contributed by atoms with Crippen molar-refractivity contribution in [2.45, 2.75) is 113 Å². The molecule has 2 aromatic heterocycles. The van der Waals surface area contributed by atoms with Gasteiger partial charge in [-0.15, -0.1) is 0 Å². The molecule has 7 atom stereocenters. The van der Waals surface area contributed by atoms with Crippen LogP contribution in [0.3, 0.4) is 0 Å². The fourth-order valence-corrected chi connectivity index (χ4v) is 14.9. The van der Waals surface area contributed by atoms with E-state index < -0.39 is 0 Å². The first-order valence-electron chi connectivity index (χ1n) is 19.8. The Bertz CT molecular complexity index is 2200. The standard InChI is InChI=1S/C43H56B4IN5P4/c1-21-12-32(17-54-50-13-22(2)38(44)28(50)8)36(34(42(21)48)19-56-52-15-24(4)40(46)30(52)10)37-33(18-55-51-14-23(3)39(45)29(51)9)26(6)27(7)43(49)35(37)20-57-53-16-25(5)41(47)31(53)11/h12-14,16,24,28,38,54-57H,15,17-20,49H2,1-11H3. The van der Waals surface area contributed by atoms with E-state index >= 15 is 0 Å². The largest absolute Gasteiger partial charge is 0.398 e. The number of nitrogens with zero attached hydrogens (tertiary/aromatic N) is 4. The van der Waals surface area contributed by atoms with Crippen molar-refractivity contribution >= 4 is 106 Å². The van der Waals surface area contributed by atoms with Crippen LogP contribution in [-0.2, 0) is 24.6 Å². The summed E-state index contributed by atoms with van der Waals surface area (Å²) < 4.78 is 11.0. The average molecular weight is 937 g/mol. The Morgan fingerprint density at radius 1 is 0.719 bits per heavy atom. The van der Waals surface area contributed by atoms with Crippen LogP contribution >= 0.6 is 57.5 Å². The molecular weight excluding hydrogens is 881 g/mol. The maximum absolute atomic E-state index is 7.39. The summed E-state index contributed by atoms with van der Waals surface area (Å²) in [7, 11) is 28.4. The van der Waals surface area contributed by atoms with Crippen molar-refractivity contribution < 1.29 is 0 Å². The van der Waals surface area contributed by atoms with Crippen LogP contribution in [-0.4, -0.2) is 62.0 Å². The number of nitrogen functional groups attached to an aromatic ring is 1. The van der Waals surface area contributed by atoms with Crippen molar-refractivity contribution in [1.82, 2.24) is 18.0 Å². The fourth-order valence-electron chi connectivity index (χ4n) is 8.35. The van der Waals surface area contributed by atoms with E-state index in [0.717, 1.165) is 75.8 Å². The van der Waals surface area contributed by atoms with Gasteiger partial charge in [-0.3, -0.25) is 0 Å². The van der Waals surface area contributed by atoms with Crippen LogP contribution in [0.1, 0.15) is 89.2 Å². The monoisotopic (exact) mass is 937 g/mol. The smallest absolute Gasteiger partial charge is 0.116 e. The molecule has 0 aliphatic carbocycles. The first kappa shape index (κ1) is 45.1. The molecule has 4 heterocycles. The molecule has 2 aromatic carbocycles. The van der Waals surface area contributed by atoms with Crippen LogP contribution in [0, 0.1) is 58.0 Å². The Hall–Kier alpha value is -1.41. The minimum Gasteiger partial charge on any atom is -0.398 e. The number of nitrogens with two attached hydrogens (primary N) is 1. The van der Waals surface area contributed by atoms with Gasteiger partial charge in [-0.2, -0.15) is 0 Å². The van der Waals surface area contributed by atoms with E-state index in [1.165, 1.54) is 64.9 Å². The molecule has 2 N–H and O–H groups in total. The lowest BCUT2D eigenvalue weighted by molar-refractivity contribution is 0.503. The Labute approximate surface area is 369 Å². The van der Waals surface area contributed by atoms with E-state index in [9.17, 15) is 0 Å². The molecule has 0 amide bonds. The van der Waals surface area contributed by atoms with Crippen molar-refractivity contribution in [1.29, 1.82) is 0 Å². The van der Waals surface area contributed by atoms with Crippen LogP contribution in [0.2, 0.25) is 5.82 Å². The van der Waals surface area contributed by atoms with Crippen LogP contribution in [0.25, 0.3) is 11.1 Å². The SMILES string of the molecule is [B]C1=C(C)N(PCc2c(I)c(C)cc(CPN3C=C(C)C([B])C3C)c2-c2c(CPn3cc(C)c([B])c3C)c(C)c(C)c(N)c2CPn2cc(C)c([B])c2C)CC1C. The van der Waals surface area contributed by atoms with Crippen molar-refractivity contribution in [3.63, 3.8) is 0 Å². The van der Waals surface area contributed by atoms with E-state index in [-0.39, 0.29) is 11.9 Å². The molecule has 0 fully saturated rings. The molecule has 2 aliphatic rings. The van der Waals surface area contributed by atoms with Gasteiger partial charge in [-0.05, 0) is 200 Å². The summed E-state index contributed by atoms with van der Waals surface area (Å²) in [5.41, 5.74) is 30.0. The fraction of sp³-hybridized carbons (Fsp3) is 0.442. The Morgan fingerprint density at radius 3 is 1.77 bits per heavy atom. The van der Waals surface area contributed by atoms with Gasteiger partial charge in [0.05, 0.1) is 7.85 Å². The quantitative estimate of drug-likeness (QED) is 0.0630. The molecule has 7 unspecified atom stereocenters. The zero-order valence-electron chi connectivity index (χ0n) is 35.6. The van der Waals surface area contributed by atoms with Crippen LogP contribution in [0.5, 0.6) is 0 Å². The van der Waals surface area contributed by atoms with Crippen molar-refractivity contribution in [3.05, 3.63) is 106 Å². The van der Waals surface area contributed by atoms with Crippen LogP contribution < -0.4 is 16.7 Å². The Kier molecular flexibility index (Phi) is 14.5. The molecule has 57 heavy (non-hydrogen) atoms. The predicted octanol–water partition coefficient (Wildman–Crippen LogP) is 9.28. The third-order valence-electron chi connectivity index (χ3n) is 12.6. The van der Waals surface area contributed by atoms with Gasteiger partial charge in [-0.25, -0.2) is 0 Å². The summed E-state index contributed by atoms with van der Waals surface area (Å²) in [4.78, 5) is 0. The number of aromatic nitrogens is 2. The van der Waals surface area contributed by atoms with Gasteiger partial charge in [0, 0.05) is 82.2 Å². The number of halogens is 1. The average Bonchev–Trinajstić information content (AvgIpc) is 3.77. The summed E-state index contributed by atoms with van der Waals surface area (Å²) in [6.45, 7) is 25.1. The summed E-state index contributed by atoms with van der Waals surface area (Å²) in [6, 6.07) is 2.74. The molecule has 8 radical (unpaired) electrons. The lowest BCUT2D eigenvalue weighted by Crippen LogP contribution is -2.20. The highest BCUT2D eigenvalue weighted by molar-refractivity contribution is 14.1. The molecule has 0 saturated heterocycles. The Morgan fingerprint density at radius 2 is 1.28 bits per heavy atom. The molecule has 6 rings (SSSR count). The molecule has 2 aliphatic heterocycles. The lowest BCUT2D eigenvalue weighted by Gasteiger charge is -2.30. The molecule has 14 heteroatoms. The lowest BCUT2D eigenvalue weighted by atomic mass is 9.79. The number of hydrogen-bond donors (Lipinski definition) is 1. The summed E-state index contributed by atoms with van der Waals surface area (Å²) in [6.07, 6.45) is 10.3. The minimum atomic E-state index is 0.0585. The normalized spacial score (nSPS) is 19.3. The van der Waals surface area contributed by atoms with Gasteiger partial charge >= 0.3 is 0 Å². The minimum absolute atomic E-state index is 0.0585.